The van der Waals surface area contributed by atoms with Crippen molar-refractivity contribution in [2.24, 2.45) is 11.8 Å². The summed E-state index contributed by atoms with van der Waals surface area (Å²) in [6.07, 6.45) is 4.12. The number of aromatic nitrogens is 3. The molecule has 4 rings (SSSR count). The maximum atomic E-state index is 12.4. The quantitative estimate of drug-likeness (QED) is 0.797. The van der Waals surface area contributed by atoms with Crippen LogP contribution < -0.4 is 0 Å². The zero-order valence-electron chi connectivity index (χ0n) is 12.6. The van der Waals surface area contributed by atoms with Crippen molar-refractivity contribution in [1.29, 1.82) is 0 Å². The highest BCUT2D eigenvalue weighted by molar-refractivity contribution is 7.99. The topological polar surface area (TPSA) is 51.0 Å². The maximum Gasteiger partial charge on any atom is 0.233 e. The van der Waals surface area contributed by atoms with E-state index in [1.54, 1.807) is 6.33 Å². The Morgan fingerprint density at radius 3 is 3.13 bits per heavy atom. The van der Waals surface area contributed by atoms with Gasteiger partial charge in [0.25, 0.3) is 0 Å². The van der Waals surface area contributed by atoms with Crippen molar-refractivity contribution in [2.45, 2.75) is 18.0 Å². The van der Waals surface area contributed by atoms with Crippen LogP contribution in [0.1, 0.15) is 12.8 Å². The number of thioether (sulfide) groups is 1. The summed E-state index contributed by atoms with van der Waals surface area (Å²) < 4.78 is 1.86. The second-order valence-corrected chi connectivity index (χ2v) is 7.52. The van der Waals surface area contributed by atoms with Gasteiger partial charge in [0.15, 0.2) is 5.16 Å². The monoisotopic (exact) mass is 348 g/mol. The highest BCUT2D eigenvalue weighted by atomic mass is 35.5. The molecule has 5 nitrogen and oxygen atoms in total. The number of hydrogen-bond acceptors (Lipinski definition) is 4. The smallest absolute Gasteiger partial charge is 0.233 e. The summed E-state index contributed by atoms with van der Waals surface area (Å²) in [6.45, 7) is 1.84. The Morgan fingerprint density at radius 1 is 1.39 bits per heavy atom. The molecule has 23 heavy (non-hydrogen) atoms. The highest BCUT2D eigenvalue weighted by Crippen LogP contribution is 2.44. The Morgan fingerprint density at radius 2 is 2.30 bits per heavy atom. The summed E-state index contributed by atoms with van der Waals surface area (Å²) in [7, 11) is 0. The number of amides is 1. The van der Waals surface area contributed by atoms with Crippen LogP contribution >= 0.6 is 23.4 Å². The van der Waals surface area contributed by atoms with Crippen molar-refractivity contribution in [3.05, 3.63) is 35.6 Å². The molecular weight excluding hydrogens is 332 g/mol. The minimum absolute atomic E-state index is 0.195. The zero-order valence-corrected chi connectivity index (χ0v) is 14.1. The number of piperidine rings is 1. The van der Waals surface area contributed by atoms with Gasteiger partial charge in [0.1, 0.15) is 6.33 Å². The van der Waals surface area contributed by atoms with Gasteiger partial charge in [0, 0.05) is 18.1 Å². The molecule has 2 unspecified atom stereocenters. The maximum absolute atomic E-state index is 12.4. The summed E-state index contributed by atoms with van der Waals surface area (Å²) in [6, 6.07) is 7.51. The molecule has 0 spiro atoms. The average Bonchev–Trinajstić information content (AvgIpc) is 3.19. The fourth-order valence-electron chi connectivity index (χ4n) is 3.15. The summed E-state index contributed by atoms with van der Waals surface area (Å²) >= 11 is 7.47. The van der Waals surface area contributed by atoms with Gasteiger partial charge in [0.2, 0.25) is 5.91 Å². The molecule has 2 aliphatic rings. The second kappa shape index (κ2) is 6.17. The van der Waals surface area contributed by atoms with E-state index < -0.39 is 0 Å². The number of benzene rings is 1. The summed E-state index contributed by atoms with van der Waals surface area (Å²) in [5, 5.41) is 9.46. The predicted molar refractivity (Wildman–Crippen MR) is 89.9 cm³/mol. The first-order valence-corrected chi connectivity index (χ1v) is 9.13. The zero-order chi connectivity index (χ0) is 15.8. The van der Waals surface area contributed by atoms with Crippen molar-refractivity contribution in [3.63, 3.8) is 0 Å². The Kier molecular flexibility index (Phi) is 4.03. The fourth-order valence-corrected chi connectivity index (χ4v) is 4.17. The van der Waals surface area contributed by atoms with Gasteiger partial charge in [-0.05, 0) is 42.9 Å². The van der Waals surface area contributed by atoms with E-state index in [1.807, 2.05) is 33.7 Å². The molecule has 1 saturated heterocycles. The normalized spacial score (nSPS) is 22.7. The summed E-state index contributed by atoms with van der Waals surface area (Å²) in [5.41, 5.74) is 0.899. The number of carbonyl (C=O) groups is 1. The van der Waals surface area contributed by atoms with E-state index in [0.717, 1.165) is 30.6 Å². The van der Waals surface area contributed by atoms with Gasteiger partial charge in [-0.2, -0.15) is 0 Å². The first kappa shape index (κ1) is 15.0. The standard InChI is InChI=1S/C16H17ClN4OS/c17-13-2-1-3-14(7-13)21-10-18-19-16(21)23-9-15(22)20-5-4-11-6-12(11)8-20/h1-3,7,10-12H,4-6,8-9H2. The fraction of sp³-hybridized carbons (Fsp3) is 0.438. The van der Waals surface area contributed by atoms with E-state index in [2.05, 4.69) is 10.2 Å². The third-order valence-corrected chi connectivity index (χ3v) is 5.74. The van der Waals surface area contributed by atoms with E-state index in [0.29, 0.717) is 15.9 Å². The Balaban J connectivity index is 1.41. The van der Waals surface area contributed by atoms with E-state index >= 15 is 0 Å². The average molecular weight is 349 g/mol. The summed E-state index contributed by atoms with van der Waals surface area (Å²) in [5.74, 6) is 2.24. The highest BCUT2D eigenvalue weighted by Gasteiger charge is 2.42. The van der Waals surface area contributed by atoms with Crippen molar-refractivity contribution in [1.82, 2.24) is 19.7 Å². The molecule has 2 atom stereocenters. The number of rotatable bonds is 4. The van der Waals surface area contributed by atoms with Crippen LogP contribution in [0.25, 0.3) is 5.69 Å². The van der Waals surface area contributed by atoms with Crippen LogP contribution in [0.4, 0.5) is 0 Å². The lowest BCUT2D eigenvalue weighted by Gasteiger charge is -2.26. The van der Waals surface area contributed by atoms with Gasteiger partial charge in [-0.3, -0.25) is 9.36 Å². The van der Waals surface area contributed by atoms with Crippen LogP contribution in [0.15, 0.2) is 35.7 Å². The lowest BCUT2D eigenvalue weighted by atomic mass is 10.1. The number of hydrogen-bond donors (Lipinski definition) is 0. The number of fused-ring (bicyclic) bond motifs is 1. The molecule has 1 saturated carbocycles. The number of likely N-dealkylation sites (tertiary alicyclic amines) is 1. The van der Waals surface area contributed by atoms with Gasteiger partial charge in [-0.15, -0.1) is 10.2 Å². The Hall–Kier alpha value is -1.53. The van der Waals surface area contributed by atoms with Crippen LogP contribution in [0.2, 0.25) is 5.02 Å². The molecule has 1 aromatic carbocycles. The summed E-state index contributed by atoms with van der Waals surface area (Å²) in [4.78, 5) is 14.4. The molecule has 0 bridgehead atoms. The molecule has 2 heterocycles. The van der Waals surface area contributed by atoms with Crippen LogP contribution in [-0.4, -0.2) is 44.4 Å². The third kappa shape index (κ3) is 3.23. The van der Waals surface area contributed by atoms with Crippen molar-refractivity contribution in [2.75, 3.05) is 18.8 Å². The van der Waals surface area contributed by atoms with Crippen molar-refractivity contribution in [3.8, 4) is 5.69 Å². The van der Waals surface area contributed by atoms with Crippen LogP contribution in [-0.2, 0) is 4.79 Å². The van der Waals surface area contributed by atoms with Gasteiger partial charge in [-0.1, -0.05) is 29.4 Å². The van der Waals surface area contributed by atoms with Crippen LogP contribution in [0.5, 0.6) is 0 Å². The SMILES string of the molecule is O=C(CSc1nncn1-c1cccc(Cl)c1)N1CCC2CC2C1. The molecule has 1 aliphatic carbocycles. The molecule has 2 fully saturated rings. The third-order valence-electron chi connectivity index (χ3n) is 4.57. The lowest BCUT2D eigenvalue weighted by molar-refractivity contribution is -0.129. The molecule has 0 N–H and O–H groups in total. The molecule has 0 radical (unpaired) electrons. The second-order valence-electron chi connectivity index (χ2n) is 6.14. The van der Waals surface area contributed by atoms with Gasteiger partial charge >= 0.3 is 0 Å². The molecule has 120 valence electrons. The Bertz CT molecular complexity index is 734. The van der Waals surface area contributed by atoms with Gasteiger partial charge in [-0.25, -0.2) is 0 Å². The number of nitrogens with zero attached hydrogens (tertiary/aromatic N) is 4. The van der Waals surface area contributed by atoms with Gasteiger partial charge < -0.3 is 4.90 Å². The van der Waals surface area contributed by atoms with E-state index in [1.165, 1.54) is 24.6 Å². The van der Waals surface area contributed by atoms with E-state index in [4.69, 9.17) is 11.6 Å². The predicted octanol–water partition coefficient (Wildman–Crippen LogP) is 2.88. The van der Waals surface area contributed by atoms with Crippen LogP contribution in [0.3, 0.4) is 0 Å². The van der Waals surface area contributed by atoms with Crippen molar-refractivity contribution >= 4 is 29.3 Å². The first-order chi connectivity index (χ1) is 11.2. The molecular formula is C16H17ClN4OS. The Labute approximate surface area is 144 Å². The number of carbonyl (C=O) groups excluding carboxylic acids is 1. The number of halogens is 1. The van der Waals surface area contributed by atoms with E-state index in [9.17, 15) is 4.79 Å². The first-order valence-electron chi connectivity index (χ1n) is 7.77. The van der Waals surface area contributed by atoms with Crippen molar-refractivity contribution < 1.29 is 4.79 Å². The molecule has 1 aromatic heterocycles. The van der Waals surface area contributed by atoms with Crippen LogP contribution in [0, 0.1) is 11.8 Å². The largest absolute Gasteiger partial charge is 0.342 e. The minimum atomic E-state index is 0.195. The van der Waals surface area contributed by atoms with E-state index in [-0.39, 0.29) is 5.91 Å². The molecule has 1 aliphatic heterocycles. The van der Waals surface area contributed by atoms with Gasteiger partial charge in [0.05, 0.1) is 11.4 Å². The minimum Gasteiger partial charge on any atom is -0.342 e. The molecule has 2 aromatic rings. The molecule has 1 amide bonds. The lowest BCUT2D eigenvalue weighted by Crippen LogP contribution is -2.38. The molecule has 7 heteroatoms.